The number of hydrogen-bond acceptors (Lipinski definition) is 4. The molecule has 0 fully saturated rings. The minimum atomic E-state index is -4.36. The second kappa shape index (κ2) is 18.3. The van der Waals surface area contributed by atoms with E-state index in [0.717, 1.165) is 19.3 Å². The van der Waals surface area contributed by atoms with Gasteiger partial charge >= 0.3 is 29.6 Å². The van der Waals surface area contributed by atoms with Crippen LogP contribution in [0.5, 0.6) is 5.75 Å². The maximum absolute atomic E-state index is 11.3. The van der Waals surface area contributed by atoms with Gasteiger partial charge < -0.3 is 9.29 Å². The molecule has 1 aromatic rings. The first-order chi connectivity index (χ1) is 14.8. The monoisotopic (exact) mass is 476 g/mol. The Hall–Kier alpha value is -0.0700. The van der Waals surface area contributed by atoms with Crippen molar-refractivity contribution in [3.05, 3.63) is 29.3 Å². The summed E-state index contributed by atoms with van der Waals surface area (Å²) < 4.78 is 39.8. The fourth-order valence-electron chi connectivity index (χ4n) is 3.89. The van der Waals surface area contributed by atoms with E-state index in [-0.39, 0.29) is 29.6 Å². The van der Waals surface area contributed by atoms with Crippen LogP contribution in [-0.2, 0) is 23.0 Å². The van der Waals surface area contributed by atoms with E-state index in [2.05, 4.69) is 26.0 Å². The van der Waals surface area contributed by atoms with Crippen LogP contribution in [0.2, 0.25) is 0 Å². The van der Waals surface area contributed by atoms with Crippen LogP contribution >= 0.6 is 0 Å². The summed E-state index contributed by atoms with van der Waals surface area (Å²) in [6, 6.07) is 6.13. The summed E-state index contributed by atoms with van der Waals surface area (Å²) in [5.41, 5.74) is 2.69. The maximum Gasteiger partial charge on any atom is 1.00 e. The molecule has 0 heterocycles. The van der Waals surface area contributed by atoms with E-state index >= 15 is 0 Å². The Morgan fingerprint density at radius 3 is 1.75 bits per heavy atom. The first-order valence-corrected chi connectivity index (χ1v) is 14.0. The summed E-state index contributed by atoms with van der Waals surface area (Å²) in [6.45, 7) is 7.54. The third-order valence-electron chi connectivity index (χ3n) is 6.22. The van der Waals surface area contributed by atoms with Crippen molar-refractivity contribution in [3.8, 4) is 5.75 Å². The largest absolute Gasteiger partial charge is 1.00 e. The summed E-state index contributed by atoms with van der Waals surface area (Å²) in [6.07, 6.45) is 16.7. The molecule has 6 heteroatoms. The zero-order valence-corrected chi connectivity index (χ0v) is 24.1. The van der Waals surface area contributed by atoms with Gasteiger partial charge in [-0.15, -0.1) is 0 Å². The van der Waals surface area contributed by atoms with Crippen LogP contribution in [0.15, 0.2) is 18.2 Å². The fourth-order valence-corrected chi connectivity index (χ4v) is 4.41. The number of aryl methyl sites for hydroxylation is 2. The Balaban J connectivity index is 0.00000961. The average molecular weight is 477 g/mol. The molecule has 0 aliphatic rings. The Kier molecular flexibility index (Phi) is 18.2. The van der Waals surface area contributed by atoms with Crippen LogP contribution in [0.3, 0.4) is 0 Å². The standard InChI is InChI=1S/C26H46O4S.Na/c1-5-7-9-11-13-15-17-24-19-20-26(30-22(3)23(4)31(27,28)29)21-25(24)18-16-14-12-10-8-6-2;/h19-23H,5-18H2,1-4H3,(H,27,28,29);/q;+1/p-1. The van der Waals surface area contributed by atoms with Gasteiger partial charge in [-0.1, -0.05) is 84.1 Å². The van der Waals surface area contributed by atoms with Crippen LogP contribution in [0.1, 0.15) is 116 Å². The molecule has 180 valence electrons. The molecule has 32 heavy (non-hydrogen) atoms. The molecule has 0 N–H and O–H groups in total. The van der Waals surface area contributed by atoms with Gasteiger partial charge in [0.05, 0.1) is 5.25 Å². The summed E-state index contributed by atoms with van der Waals surface area (Å²) in [5.74, 6) is 0.663. The second-order valence-corrected chi connectivity index (χ2v) is 10.7. The summed E-state index contributed by atoms with van der Waals surface area (Å²) >= 11 is 0. The van der Waals surface area contributed by atoms with E-state index in [1.165, 1.54) is 88.7 Å². The first kappa shape index (κ1) is 31.9. The predicted octanol–water partition coefficient (Wildman–Crippen LogP) is 4.20. The van der Waals surface area contributed by atoms with Gasteiger partial charge in [-0.3, -0.25) is 0 Å². The Morgan fingerprint density at radius 2 is 1.25 bits per heavy atom. The zero-order chi connectivity index (χ0) is 23.1. The van der Waals surface area contributed by atoms with E-state index in [1.807, 2.05) is 6.07 Å². The Morgan fingerprint density at radius 1 is 0.781 bits per heavy atom. The van der Waals surface area contributed by atoms with E-state index in [4.69, 9.17) is 4.74 Å². The number of benzene rings is 1. The molecule has 0 saturated heterocycles. The zero-order valence-electron chi connectivity index (χ0n) is 21.3. The van der Waals surface area contributed by atoms with Gasteiger partial charge in [0.1, 0.15) is 22.0 Å². The molecule has 0 bridgehead atoms. The van der Waals surface area contributed by atoms with Gasteiger partial charge in [-0.25, -0.2) is 8.42 Å². The predicted molar refractivity (Wildman–Crippen MR) is 130 cm³/mol. The van der Waals surface area contributed by atoms with Crippen LogP contribution in [0, 0.1) is 0 Å². The molecule has 1 rings (SSSR count). The molecule has 0 aliphatic heterocycles. The molecular weight excluding hydrogens is 431 g/mol. The average Bonchev–Trinajstić information content (AvgIpc) is 2.73. The van der Waals surface area contributed by atoms with E-state index in [0.29, 0.717) is 5.75 Å². The molecule has 0 radical (unpaired) electrons. The second-order valence-electron chi connectivity index (χ2n) is 8.99. The number of rotatable bonds is 18. The van der Waals surface area contributed by atoms with Crippen LogP contribution < -0.4 is 34.3 Å². The van der Waals surface area contributed by atoms with E-state index in [1.54, 1.807) is 6.92 Å². The number of ether oxygens (including phenoxy) is 1. The van der Waals surface area contributed by atoms with Gasteiger partial charge in [-0.2, -0.15) is 0 Å². The molecule has 0 saturated carbocycles. The normalized spacial score (nSPS) is 13.4. The van der Waals surface area contributed by atoms with Crippen molar-refractivity contribution in [1.82, 2.24) is 0 Å². The third kappa shape index (κ3) is 13.6. The van der Waals surface area contributed by atoms with Crippen molar-refractivity contribution in [1.29, 1.82) is 0 Å². The smallest absolute Gasteiger partial charge is 0.748 e. The van der Waals surface area contributed by atoms with Gasteiger partial charge in [0, 0.05) is 0 Å². The molecule has 0 spiro atoms. The Bertz CT molecular complexity index is 706. The Labute approximate surface area is 220 Å². The molecule has 4 nitrogen and oxygen atoms in total. The molecular formula is C26H45NaO4S. The number of unbranched alkanes of at least 4 members (excludes halogenated alkanes) is 10. The molecule has 2 unspecified atom stereocenters. The van der Waals surface area contributed by atoms with Gasteiger partial charge in [0.25, 0.3) is 0 Å². The van der Waals surface area contributed by atoms with Crippen LogP contribution in [0.4, 0.5) is 0 Å². The molecule has 2 atom stereocenters. The van der Waals surface area contributed by atoms with E-state index < -0.39 is 21.5 Å². The number of hydrogen-bond donors (Lipinski definition) is 0. The molecule has 0 amide bonds. The van der Waals surface area contributed by atoms with Crippen LogP contribution in [-0.4, -0.2) is 24.3 Å². The topological polar surface area (TPSA) is 66.4 Å². The fraction of sp³-hybridized carbons (Fsp3) is 0.769. The maximum atomic E-state index is 11.3. The minimum absolute atomic E-state index is 0. The van der Waals surface area contributed by atoms with Gasteiger partial charge in [-0.05, 0) is 62.8 Å². The van der Waals surface area contributed by atoms with Crippen molar-refractivity contribution in [2.45, 2.75) is 129 Å². The van der Waals surface area contributed by atoms with Crippen molar-refractivity contribution >= 4 is 10.1 Å². The molecule has 0 aromatic heterocycles. The first-order valence-electron chi connectivity index (χ1n) is 12.5. The summed E-state index contributed by atoms with van der Waals surface area (Å²) in [7, 11) is -4.36. The van der Waals surface area contributed by atoms with Crippen molar-refractivity contribution in [3.63, 3.8) is 0 Å². The summed E-state index contributed by atoms with van der Waals surface area (Å²) in [4.78, 5) is 0. The minimum Gasteiger partial charge on any atom is -0.748 e. The van der Waals surface area contributed by atoms with Crippen LogP contribution in [0.25, 0.3) is 0 Å². The summed E-state index contributed by atoms with van der Waals surface area (Å²) in [5, 5.41) is -1.07. The van der Waals surface area contributed by atoms with Crippen molar-refractivity contribution in [2.24, 2.45) is 0 Å². The van der Waals surface area contributed by atoms with Crippen molar-refractivity contribution < 1.29 is 47.3 Å². The van der Waals surface area contributed by atoms with Gasteiger partial charge in [0.15, 0.2) is 0 Å². The molecule has 1 aromatic carbocycles. The van der Waals surface area contributed by atoms with Gasteiger partial charge in [0.2, 0.25) is 0 Å². The third-order valence-corrected chi connectivity index (χ3v) is 7.51. The van der Waals surface area contributed by atoms with E-state index in [9.17, 15) is 13.0 Å². The van der Waals surface area contributed by atoms with Crippen molar-refractivity contribution in [2.75, 3.05) is 0 Å². The SMILES string of the molecule is CCCCCCCCc1ccc(OC(C)C(C)S(=O)(=O)[O-])cc1CCCCCCCC.[Na+]. The quantitative estimate of drug-likeness (QED) is 0.181. The molecule has 0 aliphatic carbocycles.